The van der Waals surface area contributed by atoms with Gasteiger partial charge in [0, 0.05) is 17.0 Å². The van der Waals surface area contributed by atoms with Crippen molar-refractivity contribution in [3.63, 3.8) is 0 Å². The number of alkyl halides is 2. The van der Waals surface area contributed by atoms with Crippen LogP contribution in [0, 0.1) is 0 Å². The molecule has 39 heavy (non-hydrogen) atoms. The van der Waals surface area contributed by atoms with Crippen LogP contribution in [0.15, 0.2) is 83.4 Å². The monoisotopic (exact) mass is 552 g/mol. The number of carbonyl (C=O) groups excluding carboxylic acids is 2. The molecule has 2 aromatic heterocycles. The molecule has 10 nitrogen and oxygen atoms in total. The maximum atomic E-state index is 13.1. The highest BCUT2D eigenvalue weighted by atomic mass is 32.2. The number of hydrogen-bond donors (Lipinski definition) is 2. The first-order valence-electron chi connectivity index (χ1n) is 11.8. The Morgan fingerprint density at radius 2 is 1.90 bits per heavy atom. The standard InChI is InChI=1S/C26H22F2N6O4S/c1-2-37-24(35)20-18(32-26(36)33-21(20)16-10-6-7-11-19(16)38-25(27)28)13-39-23-17-12-31-34(22(17)29-14-30-23)15-8-4-3-5-9-15/h3-12,14,21,25H,2,13H2,1H3,(H2,32,33,36). The van der Waals surface area contributed by atoms with Gasteiger partial charge in [0.25, 0.3) is 0 Å². The molecule has 0 radical (unpaired) electrons. The summed E-state index contributed by atoms with van der Waals surface area (Å²) >= 11 is 1.25. The van der Waals surface area contributed by atoms with Gasteiger partial charge in [0.2, 0.25) is 0 Å². The third kappa shape index (κ3) is 5.53. The lowest BCUT2D eigenvalue weighted by atomic mass is 9.95. The minimum Gasteiger partial charge on any atom is -0.463 e. The van der Waals surface area contributed by atoms with Crippen molar-refractivity contribution in [1.29, 1.82) is 0 Å². The number of esters is 1. The predicted octanol–water partition coefficient (Wildman–Crippen LogP) is 4.38. The molecule has 13 heteroatoms. The molecule has 200 valence electrons. The lowest BCUT2D eigenvalue weighted by Crippen LogP contribution is -2.46. The van der Waals surface area contributed by atoms with Crippen molar-refractivity contribution in [1.82, 2.24) is 30.4 Å². The van der Waals surface area contributed by atoms with Crippen molar-refractivity contribution in [2.75, 3.05) is 12.4 Å². The molecule has 5 rings (SSSR count). The molecule has 1 aliphatic heterocycles. The summed E-state index contributed by atoms with van der Waals surface area (Å²) in [6, 6.07) is 13.8. The molecule has 1 unspecified atom stereocenters. The van der Waals surface area contributed by atoms with Gasteiger partial charge < -0.3 is 20.1 Å². The van der Waals surface area contributed by atoms with Gasteiger partial charge in [0.05, 0.1) is 35.5 Å². The van der Waals surface area contributed by atoms with E-state index in [9.17, 15) is 18.4 Å². The average molecular weight is 553 g/mol. The fourth-order valence-electron chi connectivity index (χ4n) is 4.17. The number of halogens is 2. The number of amides is 2. The summed E-state index contributed by atoms with van der Waals surface area (Å²) in [4.78, 5) is 34.5. The quantitative estimate of drug-likeness (QED) is 0.178. The van der Waals surface area contributed by atoms with E-state index in [1.54, 1.807) is 23.9 Å². The van der Waals surface area contributed by atoms with Crippen LogP contribution in [0.25, 0.3) is 16.7 Å². The van der Waals surface area contributed by atoms with Gasteiger partial charge >= 0.3 is 18.6 Å². The number of urea groups is 1. The lowest BCUT2D eigenvalue weighted by molar-refractivity contribution is -0.139. The second-order valence-corrected chi connectivity index (χ2v) is 9.12. The van der Waals surface area contributed by atoms with Crippen LogP contribution in [0.2, 0.25) is 0 Å². The Kier molecular flexibility index (Phi) is 7.68. The highest BCUT2D eigenvalue weighted by Gasteiger charge is 2.35. The van der Waals surface area contributed by atoms with Crippen molar-refractivity contribution >= 4 is 34.8 Å². The summed E-state index contributed by atoms with van der Waals surface area (Å²) in [6.45, 7) is -1.37. The van der Waals surface area contributed by atoms with Crippen molar-refractivity contribution in [2.24, 2.45) is 0 Å². The Labute approximate surface area is 225 Å². The van der Waals surface area contributed by atoms with Gasteiger partial charge in [-0.25, -0.2) is 24.2 Å². The van der Waals surface area contributed by atoms with Gasteiger partial charge in [-0.1, -0.05) is 48.2 Å². The molecule has 0 saturated heterocycles. The number of aromatic nitrogens is 4. The number of fused-ring (bicyclic) bond motifs is 1. The first kappa shape index (κ1) is 26.1. The van der Waals surface area contributed by atoms with E-state index >= 15 is 0 Å². The number of benzene rings is 2. The largest absolute Gasteiger partial charge is 0.463 e. The molecule has 1 aliphatic rings. The van der Waals surface area contributed by atoms with E-state index in [1.165, 1.54) is 36.3 Å². The molecular weight excluding hydrogens is 530 g/mol. The van der Waals surface area contributed by atoms with Crippen LogP contribution in [0.4, 0.5) is 13.6 Å². The molecule has 0 fully saturated rings. The van der Waals surface area contributed by atoms with E-state index in [0.29, 0.717) is 16.1 Å². The molecule has 0 aliphatic carbocycles. The summed E-state index contributed by atoms with van der Waals surface area (Å²) in [5.74, 6) is -0.764. The fourth-order valence-corrected chi connectivity index (χ4v) is 5.10. The molecular formula is C26H22F2N6O4S. The number of hydrogen-bond acceptors (Lipinski definition) is 8. The van der Waals surface area contributed by atoms with E-state index in [1.807, 2.05) is 30.3 Å². The zero-order valence-corrected chi connectivity index (χ0v) is 21.3. The summed E-state index contributed by atoms with van der Waals surface area (Å²) < 4.78 is 37.8. The average Bonchev–Trinajstić information content (AvgIpc) is 3.37. The fraction of sp³-hybridized carbons (Fsp3) is 0.192. The number of carbonyl (C=O) groups is 2. The summed E-state index contributed by atoms with van der Waals surface area (Å²) in [5, 5.41) is 11.0. The first-order chi connectivity index (χ1) is 19.0. The maximum Gasteiger partial charge on any atom is 0.387 e. The Balaban J connectivity index is 1.52. The van der Waals surface area contributed by atoms with E-state index < -0.39 is 24.7 Å². The van der Waals surface area contributed by atoms with Crippen molar-refractivity contribution in [3.8, 4) is 11.4 Å². The Hall–Kier alpha value is -4.52. The summed E-state index contributed by atoms with van der Waals surface area (Å²) in [7, 11) is 0. The third-order valence-corrected chi connectivity index (χ3v) is 6.81. The highest BCUT2D eigenvalue weighted by Crippen LogP contribution is 2.36. The first-order valence-corrected chi connectivity index (χ1v) is 12.8. The van der Waals surface area contributed by atoms with E-state index in [4.69, 9.17) is 4.74 Å². The number of rotatable bonds is 9. The number of nitrogens with one attached hydrogen (secondary N) is 2. The molecule has 0 spiro atoms. The SMILES string of the molecule is CCOC(=O)C1=C(CSc2ncnc3c2cnn3-c2ccccc2)NC(=O)NC1c1ccccc1OC(F)F. The van der Waals surface area contributed by atoms with Gasteiger partial charge in [0.15, 0.2) is 5.65 Å². The van der Waals surface area contributed by atoms with Gasteiger partial charge in [-0.2, -0.15) is 13.9 Å². The summed E-state index contributed by atoms with van der Waals surface area (Å²) in [5.41, 5.74) is 1.92. The number of ether oxygens (including phenoxy) is 2. The van der Waals surface area contributed by atoms with E-state index in [0.717, 1.165) is 5.69 Å². The van der Waals surface area contributed by atoms with Crippen LogP contribution in [-0.2, 0) is 9.53 Å². The van der Waals surface area contributed by atoms with Crippen LogP contribution in [-0.4, -0.2) is 50.7 Å². The van der Waals surface area contributed by atoms with Gasteiger partial charge in [-0.05, 0) is 25.1 Å². The van der Waals surface area contributed by atoms with Crippen LogP contribution >= 0.6 is 11.8 Å². The third-order valence-electron chi connectivity index (χ3n) is 5.78. The van der Waals surface area contributed by atoms with Crippen LogP contribution in [0.5, 0.6) is 5.75 Å². The summed E-state index contributed by atoms with van der Waals surface area (Å²) in [6.07, 6.45) is 3.06. The van der Waals surface area contributed by atoms with E-state index in [-0.39, 0.29) is 34.9 Å². The van der Waals surface area contributed by atoms with Crippen molar-refractivity contribution in [3.05, 3.63) is 84.0 Å². The predicted molar refractivity (Wildman–Crippen MR) is 139 cm³/mol. The molecule has 2 amide bonds. The smallest absolute Gasteiger partial charge is 0.387 e. The lowest BCUT2D eigenvalue weighted by Gasteiger charge is -2.30. The van der Waals surface area contributed by atoms with Crippen LogP contribution in [0.3, 0.4) is 0 Å². The second kappa shape index (κ2) is 11.5. The zero-order chi connectivity index (χ0) is 27.4. The maximum absolute atomic E-state index is 13.1. The van der Waals surface area contributed by atoms with Gasteiger partial charge in [0.1, 0.15) is 17.1 Å². The van der Waals surface area contributed by atoms with Crippen LogP contribution < -0.4 is 15.4 Å². The van der Waals surface area contributed by atoms with Gasteiger partial charge in [-0.15, -0.1) is 0 Å². The molecule has 0 bridgehead atoms. The normalized spacial score (nSPS) is 15.3. The number of thioether (sulfide) groups is 1. The van der Waals surface area contributed by atoms with Crippen molar-refractivity contribution < 1.29 is 27.8 Å². The Morgan fingerprint density at radius 1 is 1.13 bits per heavy atom. The zero-order valence-electron chi connectivity index (χ0n) is 20.5. The Bertz CT molecular complexity index is 1550. The minimum atomic E-state index is -3.09. The minimum absolute atomic E-state index is 0.0690. The van der Waals surface area contributed by atoms with E-state index in [2.05, 4.69) is 30.4 Å². The molecule has 2 N–H and O–H groups in total. The topological polar surface area (TPSA) is 120 Å². The molecule has 4 aromatic rings. The Morgan fingerprint density at radius 3 is 2.67 bits per heavy atom. The highest BCUT2D eigenvalue weighted by molar-refractivity contribution is 7.99. The molecule has 0 saturated carbocycles. The number of nitrogens with zero attached hydrogens (tertiary/aromatic N) is 4. The molecule has 3 heterocycles. The van der Waals surface area contributed by atoms with Gasteiger partial charge in [-0.3, -0.25) is 0 Å². The van der Waals surface area contributed by atoms with Crippen molar-refractivity contribution in [2.45, 2.75) is 24.6 Å². The molecule has 2 aromatic carbocycles. The molecule has 1 atom stereocenters. The number of para-hydroxylation sites is 2. The second-order valence-electron chi connectivity index (χ2n) is 8.16. The van der Waals surface area contributed by atoms with Crippen LogP contribution in [0.1, 0.15) is 18.5 Å².